The van der Waals surface area contributed by atoms with Gasteiger partial charge in [-0.05, 0) is 19.4 Å². The lowest BCUT2D eigenvalue weighted by Crippen LogP contribution is -2.33. The number of nitrogens with zero attached hydrogens (tertiary/aromatic N) is 4. The number of hydrogen-bond acceptors (Lipinski definition) is 6. The molecule has 0 amide bonds. The molecule has 1 aliphatic rings. The van der Waals surface area contributed by atoms with Crippen molar-refractivity contribution in [1.29, 1.82) is 0 Å². The van der Waals surface area contributed by atoms with Gasteiger partial charge in [0.1, 0.15) is 11.6 Å². The Morgan fingerprint density at radius 1 is 1.52 bits per heavy atom. The van der Waals surface area contributed by atoms with Crippen LogP contribution in [0.4, 0.5) is 5.82 Å². The van der Waals surface area contributed by atoms with Crippen molar-refractivity contribution in [3.8, 4) is 0 Å². The molecule has 0 saturated carbocycles. The molecule has 0 aromatic carbocycles. The van der Waals surface area contributed by atoms with Crippen molar-refractivity contribution in [2.45, 2.75) is 38.6 Å². The molecule has 2 aromatic rings. The molecule has 2 N–H and O–H groups in total. The lowest BCUT2D eigenvalue weighted by Gasteiger charge is -2.22. The van der Waals surface area contributed by atoms with E-state index in [4.69, 9.17) is 14.9 Å². The highest BCUT2D eigenvalue weighted by Crippen LogP contribution is 2.23. The van der Waals surface area contributed by atoms with Crippen molar-refractivity contribution in [3.63, 3.8) is 0 Å². The quantitative estimate of drug-likeness (QED) is 0.886. The van der Waals surface area contributed by atoms with Gasteiger partial charge in [0.15, 0.2) is 0 Å². The number of likely N-dealkylation sites (tertiary alicyclic amines) is 1. The van der Waals surface area contributed by atoms with E-state index in [1.807, 2.05) is 23.9 Å². The number of aryl methyl sites for hydroxylation is 1. The first-order valence-corrected chi connectivity index (χ1v) is 7.11. The van der Waals surface area contributed by atoms with Gasteiger partial charge in [0.05, 0.1) is 25.4 Å². The predicted molar refractivity (Wildman–Crippen MR) is 77.5 cm³/mol. The van der Waals surface area contributed by atoms with Crippen LogP contribution in [-0.4, -0.2) is 45.5 Å². The van der Waals surface area contributed by atoms with Crippen LogP contribution in [0.3, 0.4) is 0 Å². The SMILES string of the molecule is CO[C@H]1C[C@@H](Cn2ccc(N)n2)N(Cc2ncc(C)o2)C1. The third-order valence-electron chi connectivity index (χ3n) is 3.89. The zero-order valence-corrected chi connectivity index (χ0v) is 12.4. The Labute approximate surface area is 123 Å². The average molecular weight is 291 g/mol. The Morgan fingerprint density at radius 2 is 2.38 bits per heavy atom. The van der Waals surface area contributed by atoms with Crippen LogP contribution in [0.1, 0.15) is 18.1 Å². The molecule has 3 heterocycles. The summed E-state index contributed by atoms with van der Waals surface area (Å²) in [6, 6.07) is 2.14. The third-order valence-corrected chi connectivity index (χ3v) is 3.89. The number of hydrogen-bond donors (Lipinski definition) is 1. The van der Waals surface area contributed by atoms with Crippen LogP contribution < -0.4 is 5.73 Å². The fourth-order valence-corrected chi connectivity index (χ4v) is 2.84. The molecule has 0 bridgehead atoms. The number of nitrogen functional groups attached to an aromatic ring is 1. The summed E-state index contributed by atoms with van der Waals surface area (Å²) in [5, 5.41) is 4.26. The van der Waals surface area contributed by atoms with Gasteiger partial charge in [-0.2, -0.15) is 5.10 Å². The van der Waals surface area contributed by atoms with Gasteiger partial charge >= 0.3 is 0 Å². The molecule has 1 saturated heterocycles. The van der Waals surface area contributed by atoms with E-state index in [2.05, 4.69) is 15.0 Å². The average Bonchev–Trinajstić information content (AvgIpc) is 3.14. The van der Waals surface area contributed by atoms with E-state index in [0.29, 0.717) is 18.4 Å². The topological polar surface area (TPSA) is 82.3 Å². The lowest BCUT2D eigenvalue weighted by molar-refractivity contribution is 0.105. The van der Waals surface area contributed by atoms with E-state index >= 15 is 0 Å². The standard InChI is InChI=1S/C14H21N5O2/c1-10-6-16-14(21-10)9-18-8-12(20-2)5-11(18)7-19-4-3-13(15)17-19/h3-4,6,11-12H,5,7-9H2,1-2H3,(H2,15,17)/t11-,12-/m0/s1. The van der Waals surface area contributed by atoms with E-state index in [1.165, 1.54) is 0 Å². The number of anilines is 1. The molecule has 21 heavy (non-hydrogen) atoms. The Morgan fingerprint density at radius 3 is 3.00 bits per heavy atom. The van der Waals surface area contributed by atoms with Crippen molar-refractivity contribution < 1.29 is 9.15 Å². The number of rotatable bonds is 5. The first kappa shape index (κ1) is 14.1. The second-order valence-corrected chi connectivity index (χ2v) is 5.50. The summed E-state index contributed by atoms with van der Waals surface area (Å²) in [7, 11) is 1.76. The second kappa shape index (κ2) is 5.87. The van der Waals surface area contributed by atoms with Gasteiger partial charge in [0.2, 0.25) is 5.89 Å². The molecule has 7 nitrogen and oxygen atoms in total. The molecule has 0 spiro atoms. The third kappa shape index (κ3) is 3.25. The number of aromatic nitrogens is 3. The second-order valence-electron chi connectivity index (χ2n) is 5.50. The number of ether oxygens (including phenoxy) is 1. The molecule has 3 rings (SSSR count). The summed E-state index contributed by atoms with van der Waals surface area (Å²) in [5.41, 5.74) is 5.67. The van der Waals surface area contributed by atoms with Gasteiger partial charge < -0.3 is 14.9 Å². The minimum absolute atomic E-state index is 0.235. The van der Waals surface area contributed by atoms with E-state index in [9.17, 15) is 0 Å². The molecule has 114 valence electrons. The number of methoxy groups -OCH3 is 1. The molecular weight excluding hydrogens is 270 g/mol. The van der Waals surface area contributed by atoms with Crippen LogP contribution >= 0.6 is 0 Å². The maximum absolute atomic E-state index is 5.67. The van der Waals surface area contributed by atoms with E-state index in [-0.39, 0.29) is 6.10 Å². The Kier molecular flexibility index (Phi) is 3.94. The summed E-state index contributed by atoms with van der Waals surface area (Å²) in [4.78, 5) is 6.61. The van der Waals surface area contributed by atoms with Gasteiger partial charge in [-0.1, -0.05) is 0 Å². The van der Waals surface area contributed by atoms with Gasteiger partial charge in [-0.3, -0.25) is 9.58 Å². The summed E-state index contributed by atoms with van der Waals surface area (Å²) in [5.74, 6) is 2.13. The zero-order valence-electron chi connectivity index (χ0n) is 12.4. The first-order valence-electron chi connectivity index (χ1n) is 7.11. The van der Waals surface area contributed by atoms with Crippen LogP contribution in [-0.2, 0) is 17.8 Å². The number of nitrogens with two attached hydrogens (primary N) is 1. The maximum Gasteiger partial charge on any atom is 0.208 e. The van der Waals surface area contributed by atoms with Crippen molar-refractivity contribution >= 4 is 5.82 Å². The van der Waals surface area contributed by atoms with Crippen LogP contribution in [0.2, 0.25) is 0 Å². The Balaban J connectivity index is 1.69. The predicted octanol–water partition coefficient (Wildman–Crippen LogP) is 1.05. The van der Waals surface area contributed by atoms with Crippen LogP contribution in [0.25, 0.3) is 0 Å². The van der Waals surface area contributed by atoms with Gasteiger partial charge in [-0.15, -0.1) is 0 Å². The molecule has 2 atom stereocenters. The molecule has 0 unspecified atom stereocenters. The maximum atomic E-state index is 5.67. The Bertz CT molecular complexity index is 543. The summed E-state index contributed by atoms with van der Waals surface area (Å²) >= 11 is 0. The van der Waals surface area contributed by atoms with E-state index in [1.54, 1.807) is 13.3 Å². The minimum Gasteiger partial charge on any atom is -0.445 e. The molecule has 1 fully saturated rings. The Hall–Kier alpha value is -1.86. The monoisotopic (exact) mass is 291 g/mol. The minimum atomic E-state index is 0.235. The van der Waals surface area contributed by atoms with Crippen molar-refractivity contribution in [3.05, 3.63) is 30.1 Å². The summed E-state index contributed by atoms with van der Waals surface area (Å²) in [6.45, 7) is 4.26. The molecule has 1 aliphatic heterocycles. The molecular formula is C14H21N5O2. The molecule has 0 aliphatic carbocycles. The summed E-state index contributed by atoms with van der Waals surface area (Å²) < 4.78 is 13.0. The lowest BCUT2D eigenvalue weighted by atomic mass is 10.2. The highest BCUT2D eigenvalue weighted by atomic mass is 16.5. The van der Waals surface area contributed by atoms with Crippen LogP contribution in [0.15, 0.2) is 22.9 Å². The largest absolute Gasteiger partial charge is 0.445 e. The van der Waals surface area contributed by atoms with Crippen LogP contribution in [0, 0.1) is 6.92 Å². The van der Waals surface area contributed by atoms with Crippen molar-refractivity contribution in [1.82, 2.24) is 19.7 Å². The molecule has 7 heteroatoms. The smallest absolute Gasteiger partial charge is 0.208 e. The van der Waals surface area contributed by atoms with E-state index in [0.717, 1.165) is 31.2 Å². The van der Waals surface area contributed by atoms with Gasteiger partial charge in [-0.25, -0.2) is 4.98 Å². The molecule has 0 radical (unpaired) electrons. The van der Waals surface area contributed by atoms with Gasteiger partial charge in [0, 0.05) is 25.9 Å². The van der Waals surface area contributed by atoms with Crippen LogP contribution in [0.5, 0.6) is 0 Å². The van der Waals surface area contributed by atoms with Gasteiger partial charge in [0.25, 0.3) is 0 Å². The fraction of sp³-hybridized carbons (Fsp3) is 0.571. The molecule has 2 aromatic heterocycles. The normalized spacial score (nSPS) is 23.0. The first-order chi connectivity index (χ1) is 10.1. The van der Waals surface area contributed by atoms with E-state index < -0.39 is 0 Å². The van der Waals surface area contributed by atoms with Crippen molar-refractivity contribution in [2.24, 2.45) is 0 Å². The summed E-state index contributed by atoms with van der Waals surface area (Å²) in [6.07, 6.45) is 4.86. The zero-order chi connectivity index (χ0) is 14.8. The highest BCUT2D eigenvalue weighted by Gasteiger charge is 2.33. The fourth-order valence-electron chi connectivity index (χ4n) is 2.84. The van der Waals surface area contributed by atoms with Crippen molar-refractivity contribution in [2.75, 3.05) is 19.4 Å². The highest BCUT2D eigenvalue weighted by molar-refractivity contribution is 5.23. The number of oxazole rings is 1.